The maximum Gasteiger partial charge on any atom is 0.270 e. The molecule has 3 aromatic carbocycles. The topological polar surface area (TPSA) is 146 Å². The molecule has 33 heavy (non-hydrogen) atoms. The Hall–Kier alpha value is -4.92. The fourth-order valence-corrected chi connectivity index (χ4v) is 3.71. The molecule has 0 aliphatic heterocycles. The molecule has 5 N–H and O–H groups in total. The zero-order valence-corrected chi connectivity index (χ0v) is 17.2. The fourth-order valence-electron chi connectivity index (χ4n) is 3.71. The number of hydrogen-bond acceptors (Lipinski definition) is 6. The molecule has 0 saturated heterocycles. The molecule has 9 nitrogen and oxygen atoms in total. The van der Waals surface area contributed by atoms with Gasteiger partial charge in [-0.2, -0.15) is 0 Å². The third-order valence-corrected chi connectivity index (χ3v) is 5.27. The number of imidazole rings is 1. The van der Waals surface area contributed by atoms with Crippen molar-refractivity contribution >= 4 is 33.9 Å². The van der Waals surface area contributed by atoms with Crippen LogP contribution in [0.2, 0.25) is 0 Å². The Labute approximate surface area is 187 Å². The van der Waals surface area contributed by atoms with Crippen LogP contribution in [-0.2, 0) is 0 Å². The van der Waals surface area contributed by atoms with Crippen LogP contribution in [-0.4, -0.2) is 30.7 Å². The van der Waals surface area contributed by atoms with Crippen LogP contribution in [0.5, 0.6) is 5.88 Å². The third-order valence-electron chi connectivity index (χ3n) is 5.27. The number of H-pyrrole nitrogens is 2. The van der Waals surface area contributed by atoms with Crippen LogP contribution >= 0.6 is 0 Å². The summed E-state index contributed by atoms with van der Waals surface area (Å²) in [4.78, 5) is 25.6. The number of nitro benzene ring substituents is 1. The number of aliphatic imine (C=N–C) groups is 1. The number of nitrogens with one attached hydrogen (secondary N) is 2. The van der Waals surface area contributed by atoms with Gasteiger partial charge < -0.3 is 20.8 Å². The van der Waals surface area contributed by atoms with Gasteiger partial charge in [0.25, 0.3) is 5.69 Å². The Balaban J connectivity index is 1.66. The number of fused-ring (bicyclic) bond motifs is 1. The zero-order valence-electron chi connectivity index (χ0n) is 17.2. The van der Waals surface area contributed by atoms with Crippen LogP contribution in [0.15, 0.2) is 84.0 Å². The summed E-state index contributed by atoms with van der Waals surface area (Å²) < 4.78 is 0. The van der Waals surface area contributed by atoms with Crippen LogP contribution in [0, 0.1) is 10.1 Å². The number of non-ortho nitro benzene ring substituents is 1. The van der Waals surface area contributed by atoms with E-state index in [2.05, 4.69) is 15.0 Å². The maximum absolute atomic E-state index is 11.3. The first kappa shape index (κ1) is 20.0. The number of nitro groups is 1. The average Bonchev–Trinajstić information content (AvgIpc) is 3.40. The summed E-state index contributed by atoms with van der Waals surface area (Å²) in [6, 6.07) is 21.2. The van der Waals surface area contributed by atoms with Gasteiger partial charge in [0.05, 0.1) is 33.8 Å². The lowest BCUT2D eigenvalue weighted by Crippen LogP contribution is -2.03. The minimum absolute atomic E-state index is 0.0710. The third kappa shape index (κ3) is 3.79. The number of nitrogens with two attached hydrogens (primary N) is 1. The molecule has 0 spiro atoms. The van der Waals surface area contributed by atoms with Crippen molar-refractivity contribution < 1.29 is 10.0 Å². The van der Waals surface area contributed by atoms with Crippen LogP contribution < -0.4 is 5.73 Å². The van der Waals surface area contributed by atoms with Gasteiger partial charge in [0.15, 0.2) is 11.8 Å². The summed E-state index contributed by atoms with van der Waals surface area (Å²) in [5.74, 6) is 0.222. The van der Waals surface area contributed by atoms with Crippen molar-refractivity contribution in [3.63, 3.8) is 0 Å². The normalized spacial score (nSPS) is 11.7. The first-order valence-electron chi connectivity index (χ1n) is 10.0. The molecule has 2 heterocycles. The van der Waals surface area contributed by atoms with E-state index in [9.17, 15) is 15.2 Å². The number of aromatic amines is 2. The van der Waals surface area contributed by atoms with Gasteiger partial charge in [-0.15, -0.1) is 0 Å². The van der Waals surface area contributed by atoms with Gasteiger partial charge >= 0.3 is 0 Å². The van der Waals surface area contributed by atoms with E-state index in [1.807, 2.05) is 54.6 Å². The van der Waals surface area contributed by atoms with E-state index >= 15 is 0 Å². The van der Waals surface area contributed by atoms with Crippen LogP contribution in [0.1, 0.15) is 11.1 Å². The van der Waals surface area contributed by atoms with E-state index in [0.717, 1.165) is 16.8 Å². The van der Waals surface area contributed by atoms with Gasteiger partial charge in [0, 0.05) is 28.6 Å². The molecule has 0 bridgehead atoms. The quantitative estimate of drug-likeness (QED) is 0.175. The highest BCUT2D eigenvalue weighted by atomic mass is 16.6. The van der Waals surface area contributed by atoms with Crippen molar-refractivity contribution in [2.75, 3.05) is 5.73 Å². The highest BCUT2D eigenvalue weighted by Crippen LogP contribution is 2.34. The van der Waals surface area contributed by atoms with Crippen LogP contribution in [0.4, 0.5) is 17.3 Å². The molecule has 0 unspecified atom stereocenters. The number of nitrogen functional groups attached to an aromatic ring is 1. The Morgan fingerprint density at radius 1 is 1.03 bits per heavy atom. The Morgan fingerprint density at radius 3 is 2.45 bits per heavy atom. The number of aromatic hydroxyl groups is 1. The highest BCUT2D eigenvalue weighted by Gasteiger charge is 2.20. The summed E-state index contributed by atoms with van der Waals surface area (Å²) in [6.07, 6.45) is 1.65. The standard InChI is InChI=1S/C24H18N6O3/c25-24-26-13-20(29-24)14-6-8-16(9-7-14)27-22(15-4-2-1-3-5-15)21-18-12-17(30(32)33)10-11-19(18)28-23(21)31/h1-13,28,31H,(H3,25,26,29). The fraction of sp³-hybridized carbons (Fsp3) is 0. The van der Waals surface area contributed by atoms with E-state index in [1.54, 1.807) is 12.3 Å². The molecule has 0 aliphatic rings. The lowest BCUT2D eigenvalue weighted by molar-refractivity contribution is -0.384. The molecule has 5 aromatic rings. The minimum Gasteiger partial charge on any atom is -0.494 e. The van der Waals surface area contributed by atoms with E-state index in [1.165, 1.54) is 12.1 Å². The van der Waals surface area contributed by atoms with Crippen LogP contribution in [0.25, 0.3) is 22.2 Å². The molecule has 0 amide bonds. The van der Waals surface area contributed by atoms with E-state index in [0.29, 0.717) is 33.8 Å². The molecular formula is C24H18N6O3. The second-order valence-electron chi connectivity index (χ2n) is 7.39. The van der Waals surface area contributed by atoms with Crippen LogP contribution in [0.3, 0.4) is 0 Å². The molecule has 5 rings (SSSR count). The van der Waals surface area contributed by atoms with E-state index < -0.39 is 4.92 Å². The van der Waals surface area contributed by atoms with Gasteiger partial charge in [-0.25, -0.2) is 9.98 Å². The summed E-state index contributed by atoms with van der Waals surface area (Å²) in [5, 5.41) is 22.6. The summed E-state index contributed by atoms with van der Waals surface area (Å²) in [5.41, 5.74) is 10.1. The summed E-state index contributed by atoms with van der Waals surface area (Å²) in [7, 11) is 0. The molecule has 0 fully saturated rings. The van der Waals surface area contributed by atoms with Crippen molar-refractivity contribution in [2.45, 2.75) is 0 Å². The van der Waals surface area contributed by atoms with Crippen molar-refractivity contribution in [1.82, 2.24) is 15.0 Å². The number of hydrogen-bond donors (Lipinski definition) is 4. The molecule has 162 valence electrons. The molecule has 0 radical (unpaired) electrons. The molecule has 0 saturated carbocycles. The highest BCUT2D eigenvalue weighted by molar-refractivity contribution is 6.22. The molecule has 0 aliphatic carbocycles. The average molecular weight is 438 g/mol. The Bertz CT molecular complexity index is 1500. The number of anilines is 1. The number of nitrogens with zero attached hydrogens (tertiary/aromatic N) is 3. The Kier molecular flexibility index (Phi) is 4.83. The zero-order chi connectivity index (χ0) is 22.9. The maximum atomic E-state index is 11.3. The van der Waals surface area contributed by atoms with E-state index in [-0.39, 0.29) is 11.6 Å². The SMILES string of the molecule is Nc1ncc(-c2ccc(N=C(c3ccccc3)c3c(O)[nH]c4ccc([N+](=O)[O-])cc34)cc2)[nH]1. The van der Waals surface area contributed by atoms with Gasteiger partial charge in [0.2, 0.25) is 0 Å². The molecule has 2 aromatic heterocycles. The summed E-state index contributed by atoms with van der Waals surface area (Å²) in [6.45, 7) is 0. The monoisotopic (exact) mass is 438 g/mol. The second-order valence-corrected chi connectivity index (χ2v) is 7.39. The van der Waals surface area contributed by atoms with Crippen molar-refractivity contribution in [2.24, 2.45) is 4.99 Å². The van der Waals surface area contributed by atoms with E-state index in [4.69, 9.17) is 10.7 Å². The first-order chi connectivity index (χ1) is 16.0. The van der Waals surface area contributed by atoms with Crippen molar-refractivity contribution in [3.05, 3.63) is 100 Å². The van der Waals surface area contributed by atoms with Gasteiger partial charge in [0.1, 0.15) is 0 Å². The predicted octanol–water partition coefficient (Wildman–Crippen LogP) is 4.92. The lowest BCUT2D eigenvalue weighted by Gasteiger charge is -2.08. The predicted molar refractivity (Wildman–Crippen MR) is 127 cm³/mol. The smallest absolute Gasteiger partial charge is 0.270 e. The minimum atomic E-state index is -0.465. The summed E-state index contributed by atoms with van der Waals surface area (Å²) >= 11 is 0. The van der Waals surface area contributed by atoms with Crippen molar-refractivity contribution in [3.8, 4) is 17.1 Å². The lowest BCUT2D eigenvalue weighted by atomic mass is 10.0. The van der Waals surface area contributed by atoms with Gasteiger partial charge in [-0.3, -0.25) is 10.1 Å². The van der Waals surface area contributed by atoms with Gasteiger partial charge in [-0.1, -0.05) is 42.5 Å². The molecule has 9 heteroatoms. The number of aromatic nitrogens is 3. The van der Waals surface area contributed by atoms with Gasteiger partial charge in [-0.05, 0) is 23.8 Å². The molecule has 0 atom stereocenters. The second kappa shape index (κ2) is 7.97. The first-order valence-corrected chi connectivity index (χ1v) is 10.0. The Morgan fingerprint density at radius 2 is 1.79 bits per heavy atom. The number of benzene rings is 3. The number of rotatable bonds is 5. The molecular weight excluding hydrogens is 420 g/mol. The van der Waals surface area contributed by atoms with Crippen molar-refractivity contribution in [1.29, 1.82) is 0 Å². The largest absolute Gasteiger partial charge is 0.494 e.